The lowest BCUT2D eigenvalue weighted by Crippen LogP contribution is -2.40. The average Bonchev–Trinajstić information content (AvgIpc) is 2.81. The zero-order valence-corrected chi connectivity index (χ0v) is 19.9. The van der Waals surface area contributed by atoms with Crippen molar-refractivity contribution in [2.75, 3.05) is 22.9 Å². The van der Waals surface area contributed by atoms with Gasteiger partial charge in [0.25, 0.3) is 5.91 Å². The highest BCUT2D eigenvalue weighted by Gasteiger charge is 2.26. The first-order chi connectivity index (χ1) is 16.0. The molecule has 5 nitrogen and oxygen atoms in total. The van der Waals surface area contributed by atoms with Crippen molar-refractivity contribution in [3.8, 4) is 0 Å². The summed E-state index contributed by atoms with van der Waals surface area (Å²) in [6, 6.07) is 20.9. The van der Waals surface area contributed by atoms with Crippen molar-refractivity contribution < 1.29 is 9.59 Å². The van der Waals surface area contributed by atoms with Crippen molar-refractivity contribution in [1.29, 1.82) is 0 Å². The Hall–Kier alpha value is -2.96. The first-order valence-electron chi connectivity index (χ1n) is 10.9. The Morgan fingerprint density at radius 3 is 2.64 bits per heavy atom. The van der Waals surface area contributed by atoms with E-state index in [4.69, 9.17) is 11.6 Å². The average molecular weight is 480 g/mol. The predicted molar refractivity (Wildman–Crippen MR) is 137 cm³/mol. The maximum atomic E-state index is 12.6. The number of aryl methyl sites for hydroxylation is 1. The summed E-state index contributed by atoms with van der Waals surface area (Å²) in [5.41, 5.74) is 5.62. The Kier molecular flexibility index (Phi) is 7.57. The number of thioether (sulfide) groups is 1. The first kappa shape index (κ1) is 23.2. The third kappa shape index (κ3) is 6.09. The molecule has 0 unspecified atom stereocenters. The molecule has 7 heteroatoms. The van der Waals surface area contributed by atoms with E-state index < -0.39 is 0 Å². The van der Waals surface area contributed by atoms with Crippen LogP contribution in [-0.4, -0.2) is 30.2 Å². The molecule has 3 aromatic carbocycles. The highest BCUT2D eigenvalue weighted by molar-refractivity contribution is 7.98. The largest absolute Gasteiger partial charge is 0.371 e. The van der Waals surface area contributed by atoms with Crippen LogP contribution in [0.5, 0.6) is 0 Å². The number of amides is 2. The highest BCUT2D eigenvalue weighted by atomic mass is 35.5. The molecule has 4 rings (SSSR count). The van der Waals surface area contributed by atoms with Crippen LogP contribution in [0.2, 0.25) is 5.02 Å². The lowest BCUT2D eigenvalue weighted by molar-refractivity contribution is -0.116. The molecule has 1 heterocycles. The molecule has 3 aromatic rings. The van der Waals surface area contributed by atoms with Crippen LogP contribution in [0, 0.1) is 6.92 Å². The molecule has 0 saturated heterocycles. The van der Waals surface area contributed by atoms with E-state index in [0.717, 1.165) is 17.0 Å². The van der Waals surface area contributed by atoms with Crippen LogP contribution in [0.1, 0.15) is 27.0 Å². The van der Waals surface area contributed by atoms with Crippen molar-refractivity contribution >= 4 is 46.6 Å². The third-order valence-electron chi connectivity index (χ3n) is 5.60. The number of rotatable bonds is 8. The molecule has 1 atom stereocenters. The molecule has 0 aliphatic carbocycles. The fourth-order valence-electron chi connectivity index (χ4n) is 3.64. The van der Waals surface area contributed by atoms with E-state index in [1.165, 1.54) is 11.1 Å². The number of fused-ring (bicyclic) bond motifs is 1. The number of hydrogen-bond acceptors (Lipinski definition) is 4. The summed E-state index contributed by atoms with van der Waals surface area (Å²) in [7, 11) is 0. The maximum absolute atomic E-state index is 12.6. The fourth-order valence-corrected chi connectivity index (χ4v) is 4.90. The molecule has 2 amide bonds. The fraction of sp³-hybridized carbons (Fsp3) is 0.231. The van der Waals surface area contributed by atoms with Crippen LogP contribution >= 0.6 is 23.4 Å². The molecular formula is C26H26ClN3O2S. The van der Waals surface area contributed by atoms with Crippen molar-refractivity contribution in [1.82, 2.24) is 5.32 Å². The first-order valence-corrected chi connectivity index (χ1v) is 12.4. The van der Waals surface area contributed by atoms with E-state index in [2.05, 4.69) is 35.0 Å². The standard InChI is InChI=1S/C26H26ClN3O2S/c1-17-4-2-3-5-20(17)15-33-16-24-26(32)30-23-14-19(8-11-22(23)29-24)25(31)28-13-12-18-6-9-21(27)10-7-18/h2-11,14,24,29H,12-13,15-16H2,1H3,(H,28,31)(H,30,32)/t24-/m0/s1. The summed E-state index contributed by atoms with van der Waals surface area (Å²) in [5, 5.41) is 9.88. The van der Waals surface area contributed by atoms with Crippen LogP contribution in [0.15, 0.2) is 66.7 Å². The van der Waals surface area contributed by atoms with Gasteiger partial charge < -0.3 is 16.0 Å². The topological polar surface area (TPSA) is 70.2 Å². The Morgan fingerprint density at radius 2 is 1.85 bits per heavy atom. The van der Waals surface area contributed by atoms with E-state index in [-0.39, 0.29) is 17.9 Å². The normalized spacial score (nSPS) is 14.7. The van der Waals surface area contributed by atoms with E-state index in [9.17, 15) is 9.59 Å². The number of halogens is 1. The van der Waals surface area contributed by atoms with Crippen molar-refractivity contribution in [2.24, 2.45) is 0 Å². The minimum atomic E-state index is -0.314. The number of carbonyl (C=O) groups is 2. The van der Waals surface area contributed by atoms with E-state index in [1.807, 2.05) is 42.5 Å². The number of anilines is 2. The molecule has 0 fully saturated rings. The van der Waals surface area contributed by atoms with Crippen LogP contribution in [0.25, 0.3) is 0 Å². The Bertz CT molecular complexity index is 1150. The van der Waals surface area contributed by atoms with E-state index in [1.54, 1.807) is 23.9 Å². The monoisotopic (exact) mass is 479 g/mol. The van der Waals surface area contributed by atoms with Crippen LogP contribution in [0.4, 0.5) is 11.4 Å². The van der Waals surface area contributed by atoms with Gasteiger partial charge in [0.15, 0.2) is 0 Å². The zero-order valence-electron chi connectivity index (χ0n) is 18.4. The molecule has 170 valence electrons. The molecule has 1 aliphatic heterocycles. The Balaban J connectivity index is 1.30. The molecular weight excluding hydrogens is 454 g/mol. The van der Waals surface area contributed by atoms with Crippen LogP contribution in [-0.2, 0) is 17.0 Å². The molecule has 0 aromatic heterocycles. The number of nitrogens with one attached hydrogen (secondary N) is 3. The smallest absolute Gasteiger partial charge is 0.251 e. The van der Waals surface area contributed by atoms with Gasteiger partial charge in [-0.3, -0.25) is 9.59 Å². The lowest BCUT2D eigenvalue weighted by atomic mass is 10.1. The number of carbonyl (C=O) groups excluding carboxylic acids is 2. The minimum absolute atomic E-state index is 0.0833. The van der Waals surface area contributed by atoms with Gasteiger partial charge in [0.05, 0.1) is 11.4 Å². The summed E-state index contributed by atoms with van der Waals surface area (Å²) in [6.45, 7) is 2.62. The second-order valence-corrected chi connectivity index (χ2v) is 9.49. The Morgan fingerprint density at radius 1 is 1.06 bits per heavy atom. The SMILES string of the molecule is Cc1ccccc1CSC[C@@H]1Nc2ccc(C(=O)NCCc3ccc(Cl)cc3)cc2NC1=O. The van der Waals surface area contributed by atoms with Gasteiger partial charge in [0.1, 0.15) is 6.04 Å². The van der Waals surface area contributed by atoms with Gasteiger partial charge in [-0.1, -0.05) is 48.0 Å². The van der Waals surface area contributed by atoms with E-state index in [0.29, 0.717) is 35.0 Å². The highest BCUT2D eigenvalue weighted by Crippen LogP contribution is 2.29. The summed E-state index contributed by atoms with van der Waals surface area (Å²) < 4.78 is 0. The molecule has 0 saturated carbocycles. The van der Waals surface area contributed by atoms with Gasteiger partial charge in [-0.15, -0.1) is 0 Å². The molecule has 1 aliphatic rings. The molecule has 0 radical (unpaired) electrons. The lowest BCUT2D eigenvalue weighted by Gasteiger charge is -2.27. The number of benzene rings is 3. The van der Waals surface area contributed by atoms with E-state index >= 15 is 0 Å². The van der Waals surface area contributed by atoms with Gasteiger partial charge in [0.2, 0.25) is 5.91 Å². The summed E-state index contributed by atoms with van der Waals surface area (Å²) in [6.07, 6.45) is 0.716. The van der Waals surface area contributed by atoms with Gasteiger partial charge in [-0.2, -0.15) is 11.8 Å². The van der Waals surface area contributed by atoms with Gasteiger partial charge >= 0.3 is 0 Å². The maximum Gasteiger partial charge on any atom is 0.251 e. The van der Waals surface area contributed by atoms with Crippen molar-refractivity contribution in [3.63, 3.8) is 0 Å². The second-order valence-electron chi connectivity index (χ2n) is 8.02. The minimum Gasteiger partial charge on any atom is -0.371 e. The van der Waals surface area contributed by atoms with Crippen LogP contribution in [0.3, 0.4) is 0 Å². The van der Waals surface area contributed by atoms with Crippen molar-refractivity contribution in [3.05, 3.63) is 94.0 Å². The van der Waals surface area contributed by atoms with Gasteiger partial charge in [-0.25, -0.2) is 0 Å². The summed E-state index contributed by atoms with van der Waals surface area (Å²) in [4.78, 5) is 25.2. The summed E-state index contributed by atoms with van der Waals surface area (Å²) >= 11 is 7.63. The van der Waals surface area contributed by atoms with Crippen LogP contribution < -0.4 is 16.0 Å². The molecule has 33 heavy (non-hydrogen) atoms. The quantitative estimate of drug-likeness (QED) is 0.410. The second kappa shape index (κ2) is 10.8. The molecule has 3 N–H and O–H groups in total. The predicted octanol–water partition coefficient (Wildman–Crippen LogP) is 5.29. The third-order valence-corrected chi connectivity index (χ3v) is 6.94. The zero-order chi connectivity index (χ0) is 23.2. The molecule has 0 spiro atoms. The number of hydrogen-bond donors (Lipinski definition) is 3. The Labute approximate surface area is 203 Å². The molecule has 0 bridgehead atoms. The van der Waals surface area contributed by atoms with Gasteiger partial charge in [0, 0.05) is 28.6 Å². The van der Waals surface area contributed by atoms with Crippen molar-refractivity contribution in [2.45, 2.75) is 25.1 Å². The summed E-state index contributed by atoms with van der Waals surface area (Å²) in [5.74, 6) is 1.27. The van der Waals surface area contributed by atoms with Gasteiger partial charge in [-0.05, 0) is 60.4 Å².